The van der Waals surface area contributed by atoms with Gasteiger partial charge in [-0.3, -0.25) is 4.68 Å². The lowest BCUT2D eigenvalue weighted by atomic mass is 10.0. The first-order chi connectivity index (χ1) is 8.31. The minimum atomic E-state index is 0.293. The number of aromatic hydroxyl groups is 1. The molecule has 0 atom stereocenters. The average molecular weight is 229 g/mol. The van der Waals surface area contributed by atoms with E-state index in [1.54, 1.807) is 12.1 Å². The summed E-state index contributed by atoms with van der Waals surface area (Å²) < 4.78 is 1.99. The standard InChI is InChI=1S/C13H15N3O/c17-13-3-1-11(2-4-13)12-7-15-16(9-12)8-10-5-14-6-10/h1-4,7,9-10,14,17H,5-6,8H2. The van der Waals surface area contributed by atoms with Gasteiger partial charge in [0.05, 0.1) is 6.20 Å². The maximum atomic E-state index is 9.24. The van der Waals surface area contributed by atoms with Crippen molar-refractivity contribution < 1.29 is 5.11 Å². The molecule has 2 N–H and O–H groups in total. The molecule has 4 heteroatoms. The first-order valence-corrected chi connectivity index (χ1v) is 5.84. The van der Waals surface area contributed by atoms with Crippen LogP contribution >= 0.6 is 0 Å². The summed E-state index contributed by atoms with van der Waals surface area (Å²) in [6.45, 7) is 3.16. The molecule has 0 spiro atoms. The number of benzene rings is 1. The van der Waals surface area contributed by atoms with Crippen LogP contribution in [-0.2, 0) is 6.54 Å². The molecule has 0 aliphatic carbocycles. The maximum absolute atomic E-state index is 9.24. The van der Waals surface area contributed by atoms with E-state index >= 15 is 0 Å². The number of phenols is 1. The Bertz CT molecular complexity index is 500. The molecule has 1 fully saturated rings. The van der Waals surface area contributed by atoms with E-state index in [-0.39, 0.29) is 0 Å². The highest BCUT2D eigenvalue weighted by Crippen LogP contribution is 2.21. The van der Waals surface area contributed by atoms with E-state index in [2.05, 4.69) is 16.6 Å². The molecular formula is C13H15N3O. The van der Waals surface area contributed by atoms with Crippen molar-refractivity contribution in [3.63, 3.8) is 0 Å². The zero-order chi connectivity index (χ0) is 11.7. The van der Waals surface area contributed by atoms with E-state index in [4.69, 9.17) is 0 Å². The van der Waals surface area contributed by atoms with Crippen LogP contribution in [0.15, 0.2) is 36.7 Å². The summed E-state index contributed by atoms with van der Waals surface area (Å²) in [6, 6.07) is 7.20. The highest BCUT2D eigenvalue weighted by Gasteiger charge is 2.17. The van der Waals surface area contributed by atoms with Gasteiger partial charge < -0.3 is 10.4 Å². The summed E-state index contributed by atoms with van der Waals surface area (Å²) in [5.41, 5.74) is 2.18. The van der Waals surface area contributed by atoms with Crippen molar-refractivity contribution in [2.24, 2.45) is 5.92 Å². The molecule has 17 heavy (non-hydrogen) atoms. The molecule has 1 aromatic carbocycles. The minimum Gasteiger partial charge on any atom is -0.508 e. The van der Waals surface area contributed by atoms with E-state index in [1.165, 1.54) is 0 Å². The second kappa shape index (κ2) is 4.22. The van der Waals surface area contributed by atoms with Crippen molar-refractivity contribution in [3.05, 3.63) is 36.7 Å². The van der Waals surface area contributed by atoms with Gasteiger partial charge in [0.15, 0.2) is 0 Å². The van der Waals surface area contributed by atoms with Crippen molar-refractivity contribution in [1.29, 1.82) is 0 Å². The van der Waals surface area contributed by atoms with Gasteiger partial charge in [0.1, 0.15) is 5.75 Å². The van der Waals surface area contributed by atoms with E-state index < -0.39 is 0 Å². The number of rotatable bonds is 3. The smallest absolute Gasteiger partial charge is 0.115 e. The van der Waals surface area contributed by atoms with Crippen molar-refractivity contribution in [2.45, 2.75) is 6.54 Å². The number of nitrogens with zero attached hydrogens (tertiary/aromatic N) is 2. The van der Waals surface area contributed by atoms with Crippen LogP contribution < -0.4 is 5.32 Å². The number of hydrogen-bond acceptors (Lipinski definition) is 3. The monoisotopic (exact) mass is 229 g/mol. The largest absolute Gasteiger partial charge is 0.508 e. The normalized spacial score (nSPS) is 15.8. The Balaban J connectivity index is 1.76. The molecule has 2 aromatic rings. The second-order valence-corrected chi connectivity index (χ2v) is 4.52. The van der Waals surface area contributed by atoms with E-state index in [0.717, 1.165) is 30.8 Å². The van der Waals surface area contributed by atoms with E-state index in [0.29, 0.717) is 11.7 Å². The molecule has 0 amide bonds. The fourth-order valence-electron chi connectivity index (χ4n) is 2.01. The SMILES string of the molecule is Oc1ccc(-c2cnn(CC3CNC3)c2)cc1. The zero-order valence-electron chi connectivity index (χ0n) is 9.50. The van der Waals surface area contributed by atoms with Crippen LogP contribution in [0.2, 0.25) is 0 Å². The van der Waals surface area contributed by atoms with Gasteiger partial charge in [-0.2, -0.15) is 5.10 Å². The van der Waals surface area contributed by atoms with Crippen molar-refractivity contribution in [2.75, 3.05) is 13.1 Å². The summed E-state index contributed by atoms with van der Waals surface area (Å²) in [6.07, 6.45) is 3.93. The molecule has 1 aliphatic heterocycles. The first kappa shape index (κ1) is 10.4. The van der Waals surface area contributed by atoms with Crippen LogP contribution in [-0.4, -0.2) is 28.0 Å². The summed E-state index contributed by atoms with van der Waals surface area (Å²) in [5, 5.41) is 16.9. The van der Waals surface area contributed by atoms with Crippen LogP contribution in [0.4, 0.5) is 0 Å². The number of phenolic OH excluding ortho intramolecular Hbond substituents is 1. The van der Waals surface area contributed by atoms with Gasteiger partial charge in [0.25, 0.3) is 0 Å². The number of aromatic nitrogens is 2. The fourth-order valence-corrected chi connectivity index (χ4v) is 2.01. The molecule has 2 heterocycles. The van der Waals surface area contributed by atoms with E-state index in [1.807, 2.05) is 23.0 Å². The second-order valence-electron chi connectivity index (χ2n) is 4.52. The molecule has 4 nitrogen and oxygen atoms in total. The Kier molecular flexibility index (Phi) is 2.57. The van der Waals surface area contributed by atoms with Gasteiger partial charge in [-0.15, -0.1) is 0 Å². The molecule has 0 bridgehead atoms. The van der Waals surface area contributed by atoms with Gasteiger partial charge in [0, 0.05) is 37.3 Å². The molecule has 0 radical (unpaired) electrons. The summed E-state index contributed by atoms with van der Waals surface area (Å²) in [4.78, 5) is 0. The van der Waals surface area contributed by atoms with Crippen molar-refractivity contribution >= 4 is 0 Å². The Morgan fingerprint density at radius 1 is 1.24 bits per heavy atom. The third kappa shape index (κ3) is 2.17. The Labute approximate surface area is 99.9 Å². The van der Waals surface area contributed by atoms with Crippen LogP contribution in [0.25, 0.3) is 11.1 Å². The Morgan fingerprint density at radius 2 is 2.00 bits per heavy atom. The van der Waals surface area contributed by atoms with Crippen LogP contribution in [0.1, 0.15) is 0 Å². The Hall–Kier alpha value is -1.81. The predicted octanol–water partition coefficient (Wildman–Crippen LogP) is 1.48. The molecule has 1 saturated heterocycles. The van der Waals surface area contributed by atoms with E-state index in [9.17, 15) is 5.11 Å². The van der Waals surface area contributed by atoms with Crippen LogP contribution in [0.3, 0.4) is 0 Å². The van der Waals surface area contributed by atoms with Crippen molar-refractivity contribution in [3.8, 4) is 16.9 Å². The van der Waals surface area contributed by atoms with Crippen LogP contribution in [0, 0.1) is 5.92 Å². The maximum Gasteiger partial charge on any atom is 0.115 e. The summed E-state index contributed by atoms with van der Waals surface area (Å²) >= 11 is 0. The van der Waals surface area contributed by atoms with Crippen LogP contribution in [0.5, 0.6) is 5.75 Å². The van der Waals surface area contributed by atoms with Gasteiger partial charge in [-0.25, -0.2) is 0 Å². The van der Waals surface area contributed by atoms with Gasteiger partial charge in [0.2, 0.25) is 0 Å². The van der Waals surface area contributed by atoms with Gasteiger partial charge >= 0.3 is 0 Å². The molecule has 0 saturated carbocycles. The zero-order valence-corrected chi connectivity index (χ0v) is 9.50. The van der Waals surface area contributed by atoms with Crippen molar-refractivity contribution in [1.82, 2.24) is 15.1 Å². The third-order valence-corrected chi connectivity index (χ3v) is 3.15. The summed E-state index contributed by atoms with van der Waals surface area (Å²) in [7, 11) is 0. The lowest BCUT2D eigenvalue weighted by Gasteiger charge is -2.26. The fraction of sp³-hybridized carbons (Fsp3) is 0.308. The highest BCUT2D eigenvalue weighted by atomic mass is 16.3. The lowest BCUT2D eigenvalue weighted by Crippen LogP contribution is -2.44. The molecule has 88 valence electrons. The number of hydrogen-bond donors (Lipinski definition) is 2. The highest BCUT2D eigenvalue weighted by molar-refractivity contribution is 5.62. The minimum absolute atomic E-state index is 0.293. The molecule has 1 aliphatic rings. The molecular weight excluding hydrogens is 214 g/mol. The molecule has 1 aromatic heterocycles. The van der Waals surface area contributed by atoms with Gasteiger partial charge in [-0.05, 0) is 17.7 Å². The number of nitrogens with one attached hydrogen (secondary N) is 1. The van der Waals surface area contributed by atoms with Gasteiger partial charge in [-0.1, -0.05) is 12.1 Å². The quantitative estimate of drug-likeness (QED) is 0.838. The summed E-state index contributed by atoms with van der Waals surface area (Å²) in [5.74, 6) is 1.00. The lowest BCUT2D eigenvalue weighted by molar-refractivity contribution is 0.295. The first-order valence-electron chi connectivity index (χ1n) is 5.84. The Morgan fingerprint density at radius 3 is 2.65 bits per heavy atom. The predicted molar refractivity (Wildman–Crippen MR) is 65.7 cm³/mol. The molecule has 0 unspecified atom stereocenters. The average Bonchev–Trinajstić information content (AvgIpc) is 2.73. The third-order valence-electron chi connectivity index (χ3n) is 3.15. The topological polar surface area (TPSA) is 50.1 Å². The molecule has 3 rings (SSSR count).